The molecule has 1 aromatic rings. The van der Waals surface area contributed by atoms with Crippen molar-refractivity contribution in [2.75, 3.05) is 6.54 Å². The van der Waals surface area contributed by atoms with E-state index in [1.54, 1.807) is 12.1 Å². The van der Waals surface area contributed by atoms with Gasteiger partial charge in [-0.15, -0.1) is 0 Å². The Morgan fingerprint density at radius 1 is 1.40 bits per heavy atom. The van der Waals surface area contributed by atoms with Gasteiger partial charge in [-0.3, -0.25) is 0 Å². The van der Waals surface area contributed by atoms with E-state index < -0.39 is 5.97 Å². The summed E-state index contributed by atoms with van der Waals surface area (Å²) in [6.07, 6.45) is 3.53. The molecule has 0 radical (unpaired) electrons. The highest BCUT2D eigenvalue weighted by molar-refractivity contribution is 5.87. The van der Waals surface area contributed by atoms with Crippen molar-refractivity contribution >= 4 is 5.97 Å². The average molecular weight is 205 g/mol. The fourth-order valence-electron chi connectivity index (χ4n) is 2.02. The first-order chi connectivity index (χ1) is 7.27. The van der Waals surface area contributed by atoms with Gasteiger partial charge < -0.3 is 10.4 Å². The fourth-order valence-corrected chi connectivity index (χ4v) is 2.02. The van der Waals surface area contributed by atoms with Crippen molar-refractivity contribution in [1.82, 2.24) is 5.32 Å². The molecule has 0 saturated carbocycles. The van der Waals surface area contributed by atoms with Gasteiger partial charge in [0.2, 0.25) is 0 Å². The molecular formula is C12H15NO2. The maximum Gasteiger partial charge on any atom is 0.335 e. The number of rotatable bonds is 2. The maximum atomic E-state index is 10.8. The molecule has 3 nitrogen and oxygen atoms in total. The number of piperidine rings is 1. The Morgan fingerprint density at radius 3 is 2.93 bits per heavy atom. The van der Waals surface area contributed by atoms with Gasteiger partial charge in [-0.05, 0) is 37.1 Å². The minimum Gasteiger partial charge on any atom is -0.478 e. The minimum atomic E-state index is -0.854. The van der Waals surface area contributed by atoms with Crippen molar-refractivity contribution < 1.29 is 9.90 Å². The summed E-state index contributed by atoms with van der Waals surface area (Å²) < 4.78 is 0. The molecule has 1 atom stereocenters. The molecule has 1 saturated heterocycles. The zero-order valence-electron chi connectivity index (χ0n) is 8.57. The van der Waals surface area contributed by atoms with Gasteiger partial charge in [-0.25, -0.2) is 4.79 Å². The van der Waals surface area contributed by atoms with Crippen LogP contribution in [-0.2, 0) is 0 Å². The highest BCUT2D eigenvalue weighted by atomic mass is 16.4. The Bertz CT molecular complexity index is 356. The summed E-state index contributed by atoms with van der Waals surface area (Å²) in [6, 6.07) is 7.54. The van der Waals surface area contributed by atoms with Crippen LogP contribution < -0.4 is 5.32 Å². The van der Waals surface area contributed by atoms with Crippen molar-refractivity contribution in [1.29, 1.82) is 0 Å². The van der Waals surface area contributed by atoms with E-state index in [1.165, 1.54) is 12.8 Å². The third-order valence-electron chi connectivity index (χ3n) is 2.85. The van der Waals surface area contributed by atoms with Gasteiger partial charge in [-0.1, -0.05) is 18.6 Å². The van der Waals surface area contributed by atoms with Gasteiger partial charge in [0.05, 0.1) is 5.56 Å². The van der Waals surface area contributed by atoms with Crippen molar-refractivity contribution in [3.05, 3.63) is 35.4 Å². The van der Waals surface area contributed by atoms with Crippen LogP contribution in [-0.4, -0.2) is 17.6 Å². The number of hydrogen-bond donors (Lipinski definition) is 2. The summed E-state index contributed by atoms with van der Waals surface area (Å²) in [4.78, 5) is 10.8. The zero-order valence-corrected chi connectivity index (χ0v) is 8.57. The maximum absolute atomic E-state index is 10.8. The normalized spacial score (nSPS) is 21.2. The van der Waals surface area contributed by atoms with Crippen LogP contribution in [0.5, 0.6) is 0 Å². The molecule has 1 fully saturated rings. The van der Waals surface area contributed by atoms with E-state index in [-0.39, 0.29) is 0 Å². The van der Waals surface area contributed by atoms with Crippen LogP contribution in [0.2, 0.25) is 0 Å². The van der Waals surface area contributed by atoms with Crippen molar-refractivity contribution in [3.8, 4) is 0 Å². The number of hydrogen-bond acceptors (Lipinski definition) is 2. The molecule has 0 spiro atoms. The molecular weight excluding hydrogens is 190 g/mol. The quantitative estimate of drug-likeness (QED) is 0.778. The summed E-state index contributed by atoms with van der Waals surface area (Å²) in [6.45, 7) is 1.03. The predicted octanol–water partition coefficient (Wildman–Crippen LogP) is 2.20. The number of aromatic carboxylic acids is 1. The third-order valence-corrected chi connectivity index (χ3v) is 2.85. The van der Waals surface area contributed by atoms with Gasteiger partial charge >= 0.3 is 5.97 Å². The van der Waals surface area contributed by atoms with Crippen LogP contribution in [0.4, 0.5) is 0 Å². The number of carbonyl (C=O) groups is 1. The van der Waals surface area contributed by atoms with Gasteiger partial charge in [0.25, 0.3) is 0 Å². The second-order valence-corrected chi connectivity index (χ2v) is 3.93. The Morgan fingerprint density at radius 2 is 2.27 bits per heavy atom. The Balaban J connectivity index is 2.19. The van der Waals surface area contributed by atoms with Crippen LogP contribution in [0.25, 0.3) is 0 Å². The van der Waals surface area contributed by atoms with Gasteiger partial charge in [0.1, 0.15) is 0 Å². The van der Waals surface area contributed by atoms with Crippen LogP contribution >= 0.6 is 0 Å². The highest BCUT2D eigenvalue weighted by Crippen LogP contribution is 2.23. The zero-order chi connectivity index (χ0) is 10.7. The van der Waals surface area contributed by atoms with E-state index >= 15 is 0 Å². The minimum absolute atomic E-state index is 0.332. The average Bonchev–Trinajstić information content (AvgIpc) is 2.30. The summed E-state index contributed by atoms with van der Waals surface area (Å²) in [5, 5.41) is 12.3. The second-order valence-electron chi connectivity index (χ2n) is 3.93. The largest absolute Gasteiger partial charge is 0.478 e. The molecule has 1 aliphatic rings. The molecule has 0 aliphatic carbocycles. The molecule has 1 heterocycles. The molecule has 1 aliphatic heterocycles. The fraction of sp³-hybridized carbons (Fsp3) is 0.417. The van der Waals surface area contributed by atoms with E-state index in [2.05, 4.69) is 5.32 Å². The number of carboxylic acid groups (broad SMARTS) is 1. The lowest BCUT2D eigenvalue weighted by molar-refractivity contribution is 0.0696. The Kier molecular flexibility index (Phi) is 3.02. The predicted molar refractivity (Wildman–Crippen MR) is 58.0 cm³/mol. The number of carboxylic acids is 1. The van der Waals surface area contributed by atoms with Gasteiger partial charge in [-0.2, -0.15) is 0 Å². The third kappa shape index (κ3) is 2.36. The standard InChI is InChI=1S/C12H15NO2/c14-12(15)10-5-3-4-9(8-10)11-6-1-2-7-13-11/h3-5,8,11,13H,1-2,6-7H2,(H,14,15)/t11-/m0/s1. The lowest BCUT2D eigenvalue weighted by Gasteiger charge is -2.23. The van der Waals surface area contributed by atoms with Crippen molar-refractivity contribution in [3.63, 3.8) is 0 Å². The molecule has 0 bridgehead atoms. The first-order valence-corrected chi connectivity index (χ1v) is 5.34. The summed E-state index contributed by atoms with van der Waals surface area (Å²) in [5.41, 5.74) is 1.47. The summed E-state index contributed by atoms with van der Waals surface area (Å²) >= 11 is 0. The van der Waals surface area contributed by atoms with E-state index in [9.17, 15) is 4.79 Å². The molecule has 1 aromatic carbocycles. The van der Waals surface area contributed by atoms with Gasteiger partial charge in [0.15, 0.2) is 0 Å². The molecule has 2 N–H and O–H groups in total. The lowest BCUT2D eigenvalue weighted by Crippen LogP contribution is -2.26. The van der Waals surface area contributed by atoms with Gasteiger partial charge in [0, 0.05) is 6.04 Å². The monoisotopic (exact) mass is 205 g/mol. The summed E-state index contributed by atoms with van der Waals surface area (Å²) in [7, 11) is 0. The molecule has 0 amide bonds. The van der Waals surface area contributed by atoms with E-state index in [0.717, 1.165) is 18.5 Å². The highest BCUT2D eigenvalue weighted by Gasteiger charge is 2.15. The van der Waals surface area contributed by atoms with Crippen LogP contribution in [0, 0.1) is 0 Å². The van der Waals surface area contributed by atoms with Crippen LogP contribution in [0.1, 0.15) is 41.2 Å². The van der Waals surface area contributed by atoms with E-state index in [1.807, 2.05) is 12.1 Å². The first-order valence-electron chi connectivity index (χ1n) is 5.34. The molecule has 2 rings (SSSR count). The smallest absolute Gasteiger partial charge is 0.335 e. The molecule has 0 unspecified atom stereocenters. The van der Waals surface area contributed by atoms with Crippen LogP contribution in [0.3, 0.4) is 0 Å². The van der Waals surface area contributed by atoms with E-state index in [4.69, 9.17) is 5.11 Å². The van der Waals surface area contributed by atoms with Crippen molar-refractivity contribution in [2.24, 2.45) is 0 Å². The molecule has 3 heteroatoms. The summed E-state index contributed by atoms with van der Waals surface area (Å²) in [5.74, 6) is -0.854. The topological polar surface area (TPSA) is 49.3 Å². The molecule has 15 heavy (non-hydrogen) atoms. The first kappa shape index (κ1) is 10.2. The SMILES string of the molecule is O=C(O)c1cccc([C@@H]2CCCCN2)c1. The lowest BCUT2D eigenvalue weighted by atomic mass is 9.96. The number of nitrogens with one attached hydrogen (secondary N) is 1. The van der Waals surface area contributed by atoms with Crippen molar-refractivity contribution in [2.45, 2.75) is 25.3 Å². The Hall–Kier alpha value is -1.35. The van der Waals surface area contributed by atoms with Crippen LogP contribution in [0.15, 0.2) is 24.3 Å². The number of benzene rings is 1. The molecule has 80 valence electrons. The Labute approximate surface area is 89.1 Å². The molecule has 0 aromatic heterocycles. The van der Waals surface area contributed by atoms with E-state index in [0.29, 0.717) is 11.6 Å². The second kappa shape index (κ2) is 4.45.